The number of halogens is 2. The number of urea groups is 1. The van der Waals surface area contributed by atoms with Crippen molar-refractivity contribution in [2.75, 3.05) is 5.32 Å². The van der Waals surface area contributed by atoms with Gasteiger partial charge in [0.2, 0.25) is 0 Å². The second-order valence-corrected chi connectivity index (χ2v) is 4.73. The van der Waals surface area contributed by atoms with E-state index in [0.29, 0.717) is 5.69 Å². The molecule has 0 aliphatic rings. The molecular weight excluding hydrogens is 288 g/mol. The number of pyridine rings is 1. The van der Waals surface area contributed by atoms with Crippen molar-refractivity contribution in [3.05, 3.63) is 59.9 Å². The van der Waals surface area contributed by atoms with Crippen LogP contribution in [-0.4, -0.2) is 11.0 Å². The highest BCUT2D eigenvalue weighted by Gasteiger charge is 2.31. The van der Waals surface area contributed by atoms with Crippen molar-refractivity contribution in [3.63, 3.8) is 0 Å². The molecule has 6 heteroatoms. The average molecular weight is 305 g/mol. The molecule has 0 fully saturated rings. The molecule has 0 unspecified atom stereocenters. The molecule has 2 amide bonds. The van der Waals surface area contributed by atoms with Crippen molar-refractivity contribution < 1.29 is 13.6 Å². The normalized spacial score (nSPS) is 11.0. The number of para-hydroxylation sites is 1. The van der Waals surface area contributed by atoms with Gasteiger partial charge in [-0.05, 0) is 18.2 Å². The Labute approximate surface area is 127 Å². The van der Waals surface area contributed by atoms with Crippen LogP contribution in [-0.2, 0) is 12.5 Å². The fourth-order valence-corrected chi connectivity index (χ4v) is 1.94. The molecule has 0 aliphatic carbocycles. The van der Waals surface area contributed by atoms with Gasteiger partial charge < -0.3 is 10.6 Å². The van der Waals surface area contributed by atoms with Gasteiger partial charge in [-0.2, -0.15) is 0 Å². The number of hydrogen-bond donors (Lipinski definition) is 2. The topological polar surface area (TPSA) is 54.0 Å². The first-order chi connectivity index (χ1) is 10.5. The Morgan fingerprint density at radius 3 is 2.59 bits per heavy atom. The molecule has 2 aromatic rings. The lowest BCUT2D eigenvalue weighted by Crippen LogP contribution is -2.29. The van der Waals surface area contributed by atoms with Gasteiger partial charge in [0.15, 0.2) is 0 Å². The third-order valence-electron chi connectivity index (χ3n) is 3.17. The second-order valence-electron chi connectivity index (χ2n) is 4.73. The first kappa shape index (κ1) is 15.9. The average Bonchev–Trinajstić information content (AvgIpc) is 2.54. The Morgan fingerprint density at radius 2 is 1.91 bits per heavy atom. The maximum Gasteiger partial charge on any atom is 0.319 e. The molecule has 2 N–H and O–H groups in total. The molecule has 22 heavy (non-hydrogen) atoms. The molecule has 1 heterocycles. The van der Waals surface area contributed by atoms with Crippen LogP contribution in [0.4, 0.5) is 19.3 Å². The molecular formula is C16H17F2N3O. The van der Waals surface area contributed by atoms with Crippen molar-refractivity contribution >= 4 is 11.7 Å². The number of aromatic nitrogens is 1. The van der Waals surface area contributed by atoms with Crippen molar-refractivity contribution in [2.45, 2.75) is 25.8 Å². The quantitative estimate of drug-likeness (QED) is 0.880. The van der Waals surface area contributed by atoms with Crippen molar-refractivity contribution in [1.29, 1.82) is 0 Å². The Balaban J connectivity index is 2.03. The van der Waals surface area contributed by atoms with Gasteiger partial charge in [0, 0.05) is 18.2 Å². The van der Waals surface area contributed by atoms with Crippen LogP contribution in [0, 0.1) is 0 Å². The number of carbonyl (C=O) groups excluding carboxylic acids is 1. The predicted octanol–water partition coefficient (Wildman–Crippen LogP) is 3.91. The van der Waals surface area contributed by atoms with E-state index < -0.39 is 12.0 Å². The van der Waals surface area contributed by atoms with Crippen LogP contribution in [0.1, 0.15) is 24.6 Å². The van der Waals surface area contributed by atoms with Crippen molar-refractivity contribution in [1.82, 2.24) is 10.3 Å². The molecule has 4 nitrogen and oxygen atoms in total. The monoisotopic (exact) mass is 305 g/mol. The standard InChI is InChI=1S/C16H17F2N3O/c1-2-16(17,18)13-8-3-4-9-14(13)21-15(22)20-11-12-7-5-6-10-19-12/h3-10H,2,11H2,1H3,(H2,20,21,22). The smallest absolute Gasteiger partial charge is 0.319 e. The van der Waals surface area contributed by atoms with E-state index in [1.165, 1.54) is 25.1 Å². The van der Waals surface area contributed by atoms with Crippen LogP contribution >= 0.6 is 0 Å². The minimum atomic E-state index is -2.98. The fourth-order valence-electron chi connectivity index (χ4n) is 1.94. The van der Waals surface area contributed by atoms with Gasteiger partial charge in [0.25, 0.3) is 5.92 Å². The van der Waals surface area contributed by atoms with E-state index in [0.717, 1.165) is 0 Å². The van der Waals surface area contributed by atoms with E-state index in [2.05, 4.69) is 15.6 Å². The predicted molar refractivity (Wildman–Crippen MR) is 80.7 cm³/mol. The SMILES string of the molecule is CCC(F)(F)c1ccccc1NC(=O)NCc1ccccn1. The summed E-state index contributed by atoms with van der Waals surface area (Å²) in [6, 6.07) is 10.7. The summed E-state index contributed by atoms with van der Waals surface area (Å²) in [7, 11) is 0. The van der Waals surface area contributed by atoms with Gasteiger partial charge in [-0.3, -0.25) is 4.98 Å². The number of nitrogens with zero attached hydrogens (tertiary/aromatic N) is 1. The zero-order valence-electron chi connectivity index (χ0n) is 12.1. The number of benzene rings is 1. The summed E-state index contributed by atoms with van der Waals surface area (Å²) in [5, 5.41) is 5.05. The molecule has 116 valence electrons. The Hall–Kier alpha value is -2.50. The van der Waals surface area contributed by atoms with Crippen molar-refractivity contribution in [3.8, 4) is 0 Å². The highest BCUT2D eigenvalue weighted by atomic mass is 19.3. The zero-order valence-corrected chi connectivity index (χ0v) is 12.1. The summed E-state index contributed by atoms with van der Waals surface area (Å²) in [6.45, 7) is 1.62. The summed E-state index contributed by atoms with van der Waals surface area (Å²) in [6.07, 6.45) is 1.28. The molecule has 0 aliphatic heterocycles. The number of rotatable bonds is 5. The lowest BCUT2D eigenvalue weighted by molar-refractivity contribution is -0.00751. The highest BCUT2D eigenvalue weighted by Crippen LogP contribution is 2.35. The van der Waals surface area contributed by atoms with E-state index in [4.69, 9.17) is 0 Å². The largest absolute Gasteiger partial charge is 0.332 e. The number of carbonyl (C=O) groups is 1. The van der Waals surface area contributed by atoms with Gasteiger partial charge in [0.05, 0.1) is 17.9 Å². The first-order valence-electron chi connectivity index (χ1n) is 6.95. The van der Waals surface area contributed by atoms with Crippen LogP contribution < -0.4 is 10.6 Å². The minimum absolute atomic E-state index is 0.105. The van der Waals surface area contributed by atoms with E-state index >= 15 is 0 Å². The molecule has 0 bridgehead atoms. The van der Waals surface area contributed by atoms with E-state index in [1.54, 1.807) is 30.5 Å². The Morgan fingerprint density at radius 1 is 1.18 bits per heavy atom. The highest BCUT2D eigenvalue weighted by molar-refractivity contribution is 5.90. The lowest BCUT2D eigenvalue weighted by Gasteiger charge is -2.19. The minimum Gasteiger partial charge on any atom is -0.332 e. The molecule has 2 rings (SSSR count). The maximum absolute atomic E-state index is 13.9. The molecule has 1 aromatic carbocycles. The van der Waals surface area contributed by atoms with Crippen LogP contribution in [0.3, 0.4) is 0 Å². The second kappa shape index (κ2) is 6.98. The molecule has 0 radical (unpaired) electrons. The summed E-state index contributed by atoms with van der Waals surface area (Å²) in [4.78, 5) is 15.9. The first-order valence-corrected chi connectivity index (χ1v) is 6.95. The molecule has 0 saturated carbocycles. The van der Waals surface area contributed by atoms with Crippen LogP contribution in [0.2, 0.25) is 0 Å². The van der Waals surface area contributed by atoms with E-state index in [9.17, 15) is 13.6 Å². The summed E-state index contributed by atoms with van der Waals surface area (Å²) in [5.41, 5.74) is 0.600. The van der Waals surface area contributed by atoms with Gasteiger partial charge >= 0.3 is 6.03 Å². The number of alkyl halides is 2. The number of nitrogens with one attached hydrogen (secondary N) is 2. The molecule has 0 atom stereocenters. The van der Waals surface area contributed by atoms with Gasteiger partial charge in [-0.1, -0.05) is 31.2 Å². The van der Waals surface area contributed by atoms with Crippen LogP contribution in [0.25, 0.3) is 0 Å². The Bertz CT molecular complexity index is 632. The van der Waals surface area contributed by atoms with E-state index in [1.807, 2.05) is 0 Å². The summed E-state index contributed by atoms with van der Waals surface area (Å²) in [5.74, 6) is -2.98. The van der Waals surface area contributed by atoms with Crippen LogP contribution in [0.5, 0.6) is 0 Å². The molecule has 1 aromatic heterocycles. The molecule has 0 spiro atoms. The van der Waals surface area contributed by atoms with Gasteiger partial charge in [0.1, 0.15) is 0 Å². The third kappa shape index (κ3) is 4.00. The van der Waals surface area contributed by atoms with E-state index in [-0.39, 0.29) is 24.2 Å². The molecule has 0 saturated heterocycles. The van der Waals surface area contributed by atoms with Gasteiger partial charge in [-0.15, -0.1) is 0 Å². The fraction of sp³-hybridized carbons (Fsp3) is 0.250. The summed E-state index contributed by atoms with van der Waals surface area (Å²) >= 11 is 0. The number of amides is 2. The third-order valence-corrected chi connectivity index (χ3v) is 3.17. The van der Waals surface area contributed by atoms with Crippen molar-refractivity contribution in [2.24, 2.45) is 0 Å². The Kier molecular flexibility index (Phi) is 5.04. The summed E-state index contributed by atoms with van der Waals surface area (Å²) < 4.78 is 27.7. The van der Waals surface area contributed by atoms with Crippen LogP contribution in [0.15, 0.2) is 48.7 Å². The lowest BCUT2D eigenvalue weighted by atomic mass is 10.0. The van der Waals surface area contributed by atoms with Gasteiger partial charge in [-0.25, -0.2) is 13.6 Å². The zero-order chi connectivity index (χ0) is 16.0. The maximum atomic E-state index is 13.9. The number of anilines is 1. The number of hydrogen-bond acceptors (Lipinski definition) is 2.